The van der Waals surface area contributed by atoms with Crippen molar-refractivity contribution in [2.75, 3.05) is 18.6 Å². The van der Waals surface area contributed by atoms with Crippen LogP contribution in [0.2, 0.25) is 0 Å². The first-order valence-corrected chi connectivity index (χ1v) is 12.0. The van der Waals surface area contributed by atoms with Crippen molar-refractivity contribution in [2.45, 2.75) is 13.0 Å². The van der Waals surface area contributed by atoms with E-state index in [-0.39, 0.29) is 16.5 Å². The third-order valence-corrected chi connectivity index (χ3v) is 6.88. The van der Waals surface area contributed by atoms with E-state index in [0.29, 0.717) is 39.4 Å². The molecule has 1 atom stereocenters. The molecule has 36 heavy (non-hydrogen) atoms. The monoisotopic (exact) mass is 504 g/mol. The number of nitrogens with zero attached hydrogens (tertiary/aromatic N) is 2. The van der Waals surface area contributed by atoms with Crippen molar-refractivity contribution < 1.29 is 28.6 Å². The number of aliphatic hydroxyl groups excluding tert-OH is 1. The van der Waals surface area contributed by atoms with E-state index in [1.807, 2.05) is 6.92 Å². The number of carbonyl (C=O) groups is 2. The summed E-state index contributed by atoms with van der Waals surface area (Å²) in [5, 5.41) is 11.5. The zero-order chi connectivity index (χ0) is 25.4. The van der Waals surface area contributed by atoms with Crippen LogP contribution < -0.4 is 14.4 Å². The Bertz CT molecular complexity index is 1500. The standard InChI is InChI=1S/C27H21FN2O5S/c1-3-35-19-11-4-15(5-12-19)23-22(24(31)16-6-9-18(34-2)10-7-16)25(32)26(33)30(23)27-29-20-13-8-17(28)14-21(20)36-27/h4-14,23,31H,3H2,1-2H3/b24-22+. The largest absolute Gasteiger partial charge is 0.507 e. The Morgan fingerprint density at radius 1 is 1.06 bits per heavy atom. The Morgan fingerprint density at radius 3 is 2.42 bits per heavy atom. The van der Waals surface area contributed by atoms with E-state index >= 15 is 0 Å². The van der Waals surface area contributed by atoms with Gasteiger partial charge in [0, 0.05) is 5.56 Å². The molecule has 1 fully saturated rings. The number of hydrogen-bond donors (Lipinski definition) is 1. The van der Waals surface area contributed by atoms with E-state index in [2.05, 4.69) is 4.98 Å². The summed E-state index contributed by atoms with van der Waals surface area (Å²) in [5.41, 5.74) is 1.37. The third-order valence-electron chi connectivity index (χ3n) is 5.86. The van der Waals surface area contributed by atoms with E-state index in [4.69, 9.17) is 9.47 Å². The van der Waals surface area contributed by atoms with Crippen molar-refractivity contribution >= 4 is 44.1 Å². The number of carbonyl (C=O) groups excluding carboxylic acids is 2. The minimum atomic E-state index is -0.951. The summed E-state index contributed by atoms with van der Waals surface area (Å²) in [6, 6.07) is 16.7. The molecule has 0 saturated carbocycles. The minimum Gasteiger partial charge on any atom is -0.507 e. The lowest BCUT2D eigenvalue weighted by Gasteiger charge is -2.23. The Morgan fingerprint density at radius 2 is 1.75 bits per heavy atom. The molecule has 9 heteroatoms. The number of anilines is 1. The van der Waals surface area contributed by atoms with Crippen LogP contribution >= 0.6 is 11.3 Å². The van der Waals surface area contributed by atoms with Crippen LogP contribution in [-0.2, 0) is 9.59 Å². The molecule has 182 valence electrons. The van der Waals surface area contributed by atoms with Crippen LogP contribution in [0.3, 0.4) is 0 Å². The van der Waals surface area contributed by atoms with Crippen LogP contribution in [-0.4, -0.2) is 35.5 Å². The Labute approximate surface area is 210 Å². The number of benzene rings is 3. The molecule has 1 aromatic heterocycles. The van der Waals surface area contributed by atoms with E-state index in [0.717, 1.165) is 11.3 Å². The Kier molecular flexibility index (Phi) is 6.15. The van der Waals surface area contributed by atoms with Crippen molar-refractivity contribution in [1.82, 2.24) is 4.98 Å². The molecule has 0 bridgehead atoms. The lowest BCUT2D eigenvalue weighted by molar-refractivity contribution is -0.132. The van der Waals surface area contributed by atoms with Gasteiger partial charge in [-0.3, -0.25) is 14.5 Å². The van der Waals surface area contributed by atoms with Gasteiger partial charge in [0.05, 0.1) is 35.5 Å². The number of fused-ring (bicyclic) bond motifs is 1. The number of halogens is 1. The molecule has 1 amide bonds. The van der Waals surface area contributed by atoms with Gasteiger partial charge in [-0.05, 0) is 67.1 Å². The van der Waals surface area contributed by atoms with Crippen LogP contribution in [0.5, 0.6) is 11.5 Å². The number of amides is 1. The molecule has 2 heterocycles. The smallest absolute Gasteiger partial charge is 0.301 e. The zero-order valence-corrected chi connectivity index (χ0v) is 20.2. The Balaban J connectivity index is 1.68. The van der Waals surface area contributed by atoms with Gasteiger partial charge in [0.2, 0.25) is 0 Å². The minimum absolute atomic E-state index is 0.0697. The number of ether oxygens (including phenoxy) is 2. The maximum absolute atomic E-state index is 13.8. The molecule has 0 spiro atoms. The molecule has 1 aliphatic heterocycles. The maximum atomic E-state index is 13.8. The molecule has 1 unspecified atom stereocenters. The average molecular weight is 505 g/mol. The lowest BCUT2D eigenvalue weighted by atomic mass is 9.95. The molecule has 3 aromatic carbocycles. The second kappa shape index (κ2) is 9.43. The summed E-state index contributed by atoms with van der Waals surface area (Å²) in [5.74, 6) is -1.21. The molecule has 1 N–H and O–H groups in total. The second-order valence-electron chi connectivity index (χ2n) is 8.01. The SMILES string of the molecule is CCOc1ccc(C2/C(=C(\O)c3ccc(OC)cc3)C(=O)C(=O)N2c2nc3ccc(F)cc3s2)cc1. The predicted molar refractivity (Wildman–Crippen MR) is 135 cm³/mol. The fourth-order valence-electron chi connectivity index (χ4n) is 4.15. The first kappa shape index (κ1) is 23.5. The highest BCUT2D eigenvalue weighted by atomic mass is 32.1. The summed E-state index contributed by atoms with van der Waals surface area (Å²) in [4.78, 5) is 32.4. The summed E-state index contributed by atoms with van der Waals surface area (Å²) in [6.07, 6.45) is 0. The normalized spacial score (nSPS) is 17.1. The van der Waals surface area contributed by atoms with Crippen LogP contribution in [0, 0.1) is 5.82 Å². The van der Waals surface area contributed by atoms with Crippen LogP contribution in [0.4, 0.5) is 9.52 Å². The third kappa shape index (κ3) is 4.07. The van der Waals surface area contributed by atoms with Crippen LogP contribution in [0.15, 0.2) is 72.3 Å². The van der Waals surface area contributed by atoms with Crippen molar-refractivity contribution in [3.8, 4) is 11.5 Å². The quantitative estimate of drug-likeness (QED) is 0.213. The van der Waals surface area contributed by atoms with E-state index in [1.165, 1.54) is 30.2 Å². The van der Waals surface area contributed by atoms with E-state index < -0.39 is 23.5 Å². The van der Waals surface area contributed by atoms with Gasteiger partial charge < -0.3 is 14.6 Å². The van der Waals surface area contributed by atoms with Crippen molar-refractivity contribution in [1.29, 1.82) is 0 Å². The summed E-state index contributed by atoms with van der Waals surface area (Å²) in [7, 11) is 1.52. The summed E-state index contributed by atoms with van der Waals surface area (Å²) < 4.78 is 25.0. The van der Waals surface area contributed by atoms with Gasteiger partial charge in [0.1, 0.15) is 23.1 Å². The van der Waals surface area contributed by atoms with Gasteiger partial charge in [-0.25, -0.2) is 9.37 Å². The van der Waals surface area contributed by atoms with Crippen molar-refractivity contribution in [2.24, 2.45) is 0 Å². The van der Waals surface area contributed by atoms with Gasteiger partial charge in [-0.2, -0.15) is 0 Å². The average Bonchev–Trinajstić information content (AvgIpc) is 3.42. The number of thiazole rings is 1. The van der Waals surface area contributed by atoms with Gasteiger partial charge >= 0.3 is 5.91 Å². The number of aliphatic hydroxyl groups is 1. The molecular weight excluding hydrogens is 483 g/mol. The first-order valence-electron chi connectivity index (χ1n) is 11.2. The first-order chi connectivity index (χ1) is 17.4. The van der Waals surface area contributed by atoms with Crippen molar-refractivity contribution in [3.63, 3.8) is 0 Å². The number of methoxy groups -OCH3 is 1. The van der Waals surface area contributed by atoms with Gasteiger partial charge in [-0.1, -0.05) is 23.5 Å². The fourth-order valence-corrected chi connectivity index (χ4v) is 5.17. The molecule has 5 rings (SSSR count). The maximum Gasteiger partial charge on any atom is 0.301 e. The number of ketones is 1. The number of rotatable bonds is 6. The highest BCUT2D eigenvalue weighted by molar-refractivity contribution is 7.22. The molecular formula is C27H21FN2O5S. The topological polar surface area (TPSA) is 89.0 Å². The highest BCUT2D eigenvalue weighted by Crippen LogP contribution is 2.44. The molecule has 1 saturated heterocycles. The van der Waals surface area contributed by atoms with Crippen molar-refractivity contribution in [3.05, 3.63) is 89.2 Å². The molecule has 0 aliphatic carbocycles. The molecule has 4 aromatic rings. The van der Waals surface area contributed by atoms with Gasteiger partial charge in [0.25, 0.3) is 5.78 Å². The van der Waals surface area contributed by atoms with Crippen LogP contribution in [0.25, 0.3) is 16.0 Å². The lowest BCUT2D eigenvalue weighted by Crippen LogP contribution is -2.29. The highest BCUT2D eigenvalue weighted by Gasteiger charge is 2.48. The molecule has 1 aliphatic rings. The summed E-state index contributed by atoms with van der Waals surface area (Å²) >= 11 is 1.09. The van der Waals surface area contributed by atoms with Gasteiger partial charge in [0.15, 0.2) is 5.13 Å². The number of Topliss-reactive ketones (excluding diaryl/α,β-unsaturated/α-hetero) is 1. The summed E-state index contributed by atoms with van der Waals surface area (Å²) in [6.45, 7) is 2.35. The fraction of sp³-hybridized carbons (Fsp3) is 0.148. The molecule has 7 nitrogen and oxygen atoms in total. The van der Waals surface area contributed by atoms with Crippen LogP contribution in [0.1, 0.15) is 24.1 Å². The zero-order valence-electron chi connectivity index (χ0n) is 19.4. The number of aromatic nitrogens is 1. The van der Waals surface area contributed by atoms with E-state index in [9.17, 15) is 19.1 Å². The Hall–Kier alpha value is -4.24. The second-order valence-corrected chi connectivity index (χ2v) is 9.02. The molecule has 0 radical (unpaired) electrons. The van der Waals surface area contributed by atoms with E-state index in [1.54, 1.807) is 48.5 Å². The number of hydrogen-bond acceptors (Lipinski definition) is 7. The predicted octanol–water partition coefficient (Wildman–Crippen LogP) is 5.47. The van der Waals surface area contributed by atoms with Gasteiger partial charge in [-0.15, -0.1) is 0 Å².